The van der Waals surface area contributed by atoms with Crippen molar-refractivity contribution in [3.8, 4) is 0 Å². The maximum Gasteiger partial charge on any atom is 0.162 e. The van der Waals surface area contributed by atoms with Crippen LogP contribution in [0.1, 0.15) is 26.7 Å². The van der Waals surface area contributed by atoms with E-state index >= 15 is 0 Å². The smallest absolute Gasteiger partial charge is 0.162 e. The van der Waals surface area contributed by atoms with Crippen molar-refractivity contribution in [2.75, 3.05) is 6.61 Å². The van der Waals surface area contributed by atoms with Crippen molar-refractivity contribution in [1.82, 2.24) is 0 Å². The number of aliphatic hydroxyl groups is 2. The third kappa shape index (κ3) is 1.94. The van der Waals surface area contributed by atoms with E-state index in [4.69, 9.17) is 4.74 Å². The largest absolute Gasteiger partial charge is 0.388 e. The van der Waals surface area contributed by atoms with Gasteiger partial charge >= 0.3 is 0 Å². The van der Waals surface area contributed by atoms with Gasteiger partial charge in [0.2, 0.25) is 0 Å². The molecule has 0 aromatic carbocycles. The Hall–Kier alpha value is -0.120. The van der Waals surface area contributed by atoms with Gasteiger partial charge in [-0.1, -0.05) is 0 Å². The molecule has 2 N–H and O–H groups in total. The average molecular weight is 146 g/mol. The van der Waals surface area contributed by atoms with Crippen molar-refractivity contribution in [2.45, 2.75) is 38.1 Å². The summed E-state index contributed by atoms with van der Waals surface area (Å²) in [6, 6.07) is 0. The first kappa shape index (κ1) is 7.98. The summed E-state index contributed by atoms with van der Waals surface area (Å²) in [5.74, 6) is -1.03. The summed E-state index contributed by atoms with van der Waals surface area (Å²) in [6.45, 7) is 3.55. The lowest BCUT2D eigenvalue weighted by atomic mass is 9.95. The molecule has 0 aliphatic carbocycles. The molecule has 0 radical (unpaired) electrons. The molecule has 0 aromatic heterocycles. The Morgan fingerprint density at radius 2 is 1.80 bits per heavy atom. The van der Waals surface area contributed by atoms with Crippen LogP contribution in [0.15, 0.2) is 0 Å². The molecule has 10 heavy (non-hydrogen) atoms. The van der Waals surface area contributed by atoms with Crippen molar-refractivity contribution in [1.29, 1.82) is 0 Å². The van der Waals surface area contributed by atoms with Gasteiger partial charge in [0.25, 0.3) is 0 Å². The first-order valence-electron chi connectivity index (χ1n) is 3.50. The zero-order valence-corrected chi connectivity index (χ0v) is 6.42. The van der Waals surface area contributed by atoms with Gasteiger partial charge in [0.15, 0.2) is 5.79 Å². The summed E-state index contributed by atoms with van der Waals surface area (Å²) in [6.07, 6.45) is 1.10. The Balaban J connectivity index is 2.46. The van der Waals surface area contributed by atoms with Crippen molar-refractivity contribution < 1.29 is 14.9 Å². The highest BCUT2D eigenvalue weighted by molar-refractivity contribution is 4.80. The predicted molar refractivity (Wildman–Crippen MR) is 36.4 cm³/mol. The van der Waals surface area contributed by atoms with Crippen LogP contribution in [0.25, 0.3) is 0 Å². The molecule has 1 aliphatic heterocycles. The Labute approximate surface area is 60.6 Å². The van der Waals surface area contributed by atoms with Crippen LogP contribution in [0, 0.1) is 0 Å². The van der Waals surface area contributed by atoms with Gasteiger partial charge in [0.1, 0.15) is 0 Å². The summed E-state index contributed by atoms with van der Waals surface area (Å²) in [5, 5.41) is 18.6. The van der Waals surface area contributed by atoms with E-state index in [1.165, 1.54) is 0 Å². The van der Waals surface area contributed by atoms with Crippen LogP contribution in [0.2, 0.25) is 0 Å². The fourth-order valence-corrected chi connectivity index (χ4v) is 0.957. The van der Waals surface area contributed by atoms with Crippen LogP contribution in [-0.4, -0.2) is 28.2 Å². The third-order valence-electron chi connectivity index (χ3n) is 1.82. The minimum Gasteiger partial charge on any atom is -0.388 e. The molecule has 60 valence electrons. The van der Waals surface area contributed by atoms with Gasteiger partial charge in [0.05, 0.1) is 12.2 Å². The van der Waals surface area contributed by atoms with Gasteiger partial charge in [-0.3, -0.25) is 0 Å². The molecule has 0 aromatic rings. The van der Waals surface area contributed by atoms with E-state index in [-0.39, 0.29) is 6.61 Å². The highest BCUT2D eigenvalue weighted by atomic mass is 16.6. The second-order valence-electron chi connectivity index (χ2n) is 3.46. The molecule has 1 rings (SSSR count). The molecule has 1 fully saturated rings. The number of hydrogen-bond donors (Lipinski definition) is 2. The molecule has 3 nitrogen and oxygen atoms in total. The van der Waals surface area contributed by atoms with Crippen molar-refractivity contribution in [2.24, 2.45) is 0 Å². The maximum atomic E-state index is 9.37. The summed E-state index contributed by atoms with van der Waals surface area (Å²) in [7, 11) is 0. The van der Waals surface area contributed by atoms with Crippen LogP contribution >= 0.6 is 0 Å². The predicted octanol–water partition coefficient (Wildman–Crippen LogP) is 0.256. The number of rotatable bonds is 0. The van der Waals surface area contributed by atoms with Gasteiger partial charge in [0, 0.05) is 6.42 Å². The van der Waals surface area contributed by atoms with E-state index in [9.17, 15) is 10.2 Å². The van der Waals surface area contributed by atoms with Crippen LogP contribution in [0.3, 0.4) is 0 Å². The summed E-state index contributed by atoms with van der Waals surface area (Å²) in [4.78, 5) is 0. The van der Waals surface area contributed by atoms with Gasteiger partial charge in [-0.25, -0.2) is 0 Å². The number of ether oxygens (including phenoxy) is 1. The van der Waals surface area contributed by atoms with Gasteiger partial charge in [-0.2, -0.15) is 0 Å². The van der Waals surface area contributed by atoms with E-state index in [0.717, 1.165) is 0 Å². The number of hydrogen-bond acceptors (Lipinski definition) is 3. The van der Waals surface area contributed by atoms with Crippen molar-refractivity contribution in [3.63, 3.8) is 0 Å². The first-order chi connectivity index (χ1) is 4.41. The molecule has 0 saturated carbocycles. The normalized spacial score (nSPS) is 49.2. The van der Waals surface area contributed by atoms with Gasteiger partial charge in [-0.05, 0) is 20.3 Å². The maximum absolute atomic E-state index is 9.37. The van der Waals surface area contributed by atoms with E-state index in [2.05, 4.69) is 0 Å². The lowest BCUT2D eigenvalue weighted by molar-refractivity contribution is -0.252. The fraction of sp³-hybridized carbons (Fsp3) is 1.00. The van der Waals surface area contributed by atoms with Crippen LogP contribution in [0.4, 0.5) is 0 Å². The monoisotopic (exact) mass is 146 g/mol. The minimum absolute atomic E-state index is 0.222. The summed E-state index contributed by atoms with van der Waals surface area (Å²) < 4.78 is 4.99. The van der Waals surface area contributed by atoms with E-state index < -0.39 is 11.4 Å². The fourth-order valence-electron chi connectivity index (χ4n) is 0.957. The molecule has 1 aliphatic rings. The van der Waals surface area contributed by atoms with Crippen molar-refractivity contribution in [3.05, 3.63) is 0 Å². The highest BCUT2D eigenvalue weighted by Gasteiger charge is 2.35. The Bertz CT molecular complexity index is 101. The van der Waals surface area contributed by atoms with Gasteiger partial charge in [-0.15, -0.1) is 0 Å². The lowest BCUT2D eigenvalue weighted by Gasteiger charge is -2.36. The Morgan fingerprint density at radius 3 is 2.10 bits per heavy atom. The van der Waals surface area contributed by atoms with Crippen LogP contribution in [0.5, 0.6) is 0 Å². The second-order valence-corrected chi connectivity index (χ2v) is 3.46. The van der Waals surface area contributed by atoms with Gasteiger partial charge < -0.3 is 14.9 Å². The zero-order valence-electron chi connectivity index (χ0n) is 6.42. The zero-order chi connectivity index (χ0) is 7.83. The third-order valence-corrected chi connectivity index (χ3v) is 1.82. The standard InChI is InChI=1S/C7H14O3/c1-6(8)3-4-7(2,9)10-5-6/h8-9H,3-5H2,1-2H3. The highest BCUT2D eigenvalue weighted by Crippen LogP contribution is 2.27. The first-order valence-corrected chi connectivity index (χ1v) is 3.50. The molecule has 0 bridgehead atoms. The SMILES string of the molecule is CC1(O)CCC(C)(O)OC1. The van der Waals surface area contributed by atoms with Crippen LogP contribution < -0.4 is 0 Å². The average Bonchev–Trinajstić information content (AvgIpc) is 1.79. The molecule has 2 atom stereocenters. The lowest BCUT2D eigenvalue weighted by Crippen LogP contribution is -2.45. The Kier molecular flexibility index (Phi) is 1.75. The molecular weight excluding hydrogens is 132 g/mol. The molecule has 2 unspecified atom stereocenters. The van der Waals surface area contributed by atoms with E-state index in [1.54, 1.807) is 13.8 Å². The minimum atomic E-state index is -1.03. The van der Waals surface area contributed by atoms with E-state index in [0.29, 0.717) is 12.8 Å². The molecule has 3 heteroatoms. The second kappa shape index (κ2) is 2.19. The van der Waals surface area contributed by atoms with Crippen molar-refractivity contribution >= 4 is 0 Å². The summed E-state index contributed by atoms with van der Waals surface area (Å²) in [5.41, 5.74) is -0.748. The molecular formula is C7H14O3. The molecule has 1 saturated heterocycles. The van der Waals surface area contributed by atoms with E-state index in [1.807, 2.05) is 0 Å². The Morgan fingerprint density at radius 1 is 1.20 bits per heavy atom. The molecule has 0 amide bonds. The quantitative estimate of drug-likeness (QED) is 0.515. The molecule has 1 heterocycles. The summed E-state index contributed by atoms with van der Waals surface area (Å²) >= 11 is 0. The topological polar surface area (TPSA) is 49.7 Å². The van der Waals surface area contributed by atoms with Crippen LogP contribution in [-0.2, 0) is 4.74 Å². The molecule has 0 spiro atoms.